The number of aromatic nitrogens is 2. The van der Waals surface area contributed by atoms with E-state index in [-0.39, 0.29) is 36.8 Å². The molecule has 0 bridgehead atoms. The number of nitrogens with one attached hydrogen (secondary N) is 1. The van der Waals surface area contributed by atoms with Crippen LogP contribution in [0.5, 0.6) is 0 Å². The molecule has 1 aliphatic carbocycles. The van der Waals surface area contributed by atoms with E-state index in [0.717, 1.165) is 16.5 Å². The molecule has 0 aliphatic heterocycles. The minimum atomic E-state index is -0.0340. The van der Waals surface area contributed by atoms with Crippen LogP contribution < -0.4 is 11.1 Å². The second kappa shape index (κ2) is 8.15. The van der Waals surface area contributed by atoms with E-state index < -0.39 is 0 Å². The third-order valence-corrected chi connectivity index (χ3v) is 4.80. The first-order chi connectivity index (χ1) is 10.1. The Morgan fingerprint density at radius 1 is 1.48 bits per heavy atom. The maximum Gasteiger partial charge on any atom is 0.253 e. The van der Waals surface area contributed by atoms with Crippen LogP contribution >= 0.6 is 36.2 Å². The van der Waals surface area contributed by atoms with Crippen LogP contribution in [0.2, 0.25) is 0 Å². The largest absolute Gasteiger partial charge is 0.348 e. The number of aryl methyl sites for hydroxylation is 1. The molecule has 23 heavy (non-hydrogen) atoms. The SMILES string of the molecule is Cc1cc(C(=O)NC(CN)C2CC2)c(C)n1-c1nccs1.Cl.Cl. The van der Waals surface area contributed by atoms with Gasteiger partial charge in [0.15, 0.2) is 5.13 Å². The predicted octanol–water partition coefficient (Wildman–Crippen LogP) is 2.86. The fraction of sp³-hybridized carbons (Fsp3) is 0.467. The number of thiazole rings is 1. The number of hydrogen-bond donors (Lipinski definition) is 2. The van der Waals surface area contributed by atoms with Crippen molar-refractivity contribution in [1.29, 1.82) is 0 Å². The van der Waals surface area contributed by atoms with Gasteiger partial charge in [-0.05, 0) is 38.7 Å². The zero-order valence-electron chi connectivity index (χ0n) is 13.1. The van der Waals surface area contributed by atoms with Crippen LogP contribution in [0.25, 0.3) is 5.13 Å². The smallest absolute Gasteiger partial charge is 0.253 e. The van der Waals surface area contributed by atoms with Gasteiger partial charge in [-0.3, -0.25) is 9.36 Å². The Morgan fingerprint density at radius 3 is 2.70 bits per heavy atom. The molecule has 2 aromatic rings. The van der Waals surface area contributed by atoms with Crippen molar-refractivity contribution < 1.29 is 4.79 Å². The average molecular weight is 377 g/mol. The van der Waals surface area contributed by atoms with Gasteiger partial charge in [0, 0.05) is 35.6 Å². The Hall–Kier alpha value is -1.08. The average Bonchev–Trinajstić information content (AvgIpc) is 3.09. The van der Waals surface area contributed by atoms with Crippen LogP contribution in [0.1, 0.15) is 34.6 Å². The van der Waals surface area contributed by atoms with E-state index in [1.54, 1.807) is 17.5 Å². The van der Waals surface area contributed by atoms with E-state index in [0.29, 0.717) is 18.0 Å². The Morgan fingerprint density at radius 2 is 2.17 bits per heavy atom. The molecule has 0 spiro atoms. The van der Waals surface area contributed by atoms with Crippen molar-refractivity contribution >= 4 is 42.1 Å². The molecule has 8 heteroatoms. The molecule has 2 heterocycles. The van der Waals surface area contributed by atoms with Gasteiger partial charge >= 0.3 is 0 Å². The van der Waals surface area contributed by atoms with E-state index in [1.165, 1.54) is 12.8 Å². The number of carbonyl (C=O) groups excluding carboxylic acids is 1. The van der Waals surface area contributed by atoms with Crippen LogP contribution in [0, 0.1) is 19.8 Å². The van der Waals surface area contributed by atoms with E-state index in [2.05, 4.69) is 10.3 Å². The van der Waals surface area contributed by atoms with Gasteiger partial charge in [0.2, 0.25) is 0 Å². The summed E-state index contributed by atoms with van der Waals surface area (Å²) >= 11 is 1.56. The minimum absolute atomic E-state index is 0. The van der Waals surface area contributed by atoms with Gasteiger partial charge in [-0.15, -0.1) is 36.2 Å². The molecule has 1 fully saturated rings. The summed E-state index contributed by atoms with van der Waals surface area (Å²) in [5, 5.41) is 5.90. The number of nitrogens with zero attached hydrogens (tertiary/aromatic N) is 2. The van der Waals surface area contributed by atoms with Crippen molar-refractivity contribution in [2.45, 2.75) is 32.7 Å². The predicted molar refractivity (Wildman–Crippen MR) is 98.4 cm³/mol. The monoisotopic (exact) mass is 376 g/mol. The minimum Gasteiger partial charge on any atom is -0.348 e. The summed E-state index contributed by atoms with van der Waals surface area (Å²) in [7, 11) is 0. The summed E-state index contributed by atoms with van der Waals surface area (Å²) in [6, 6.07) is 2.02. The molecule has 0 aromatic carbocycles. The quantitative estimate of drug-likeness (QED) is 0.842. The van der Waals surface area contributed by atoms with Gasteiger partial charge in [-0.25, -0.2) is 4.98 Å². The molecule has 5 nitrogen and oxygen atoms in total. The van der Waals surface area contributed by atoms with Crippen LogP contribution in [-0.4, -0.2) is 28.0 Å². The lowest BCUT2D eigenvalue weighted by Gasteiger charge is -2.16. The Kier molecular flexibility index (Phi) is 7.07. The molecule has 3 rings (SSSR count). The zero-order valence-corrected chi connectivity index (χ0v) is 15.6. The number of hydrogen-bond acceptors (Lipinski definition) is 4. The summed E-state index contributed by atoms with van der Waals surface area (Å²) in [5.74, 6) is 0.523. The second-order valence-electron chi connectivity index (χ2n) is 5.59. The fourth-order valence-electron chi connectivity index (χ4n) is 2.73. The van der Waals surface area contributed by atoms with Crippen molar-refractivity contribution in [2.75, 3.05) is 6.54 Å². The van der Waals surface area contributed by atoms with Crippen LogP contribution in [0.4, 0.5) is 0 Å². The normalized spacial score (nSPS) is 14.6. The summed E-state index contributed by atoms with van der Waals surface area (Å²) in [4.78, 5) is 16.8. The van der Waals surface area contributed by atoms with Gasteiger partial charge in [-0.2, -0.15) is 0 Å². The molecule has 128 valence electrons. The van der Waals surface area contributed by atoms with Crippen molar-refractivity contribution in [3.8, 4) is 5.13 Å². The topological polar surface area (TPSA) is 72.9 Å². The summed E-state index contributed by atoms with van der Waals surface area (Å²) in [5.41, 5.74) is 8.41. The highest BCUT2D eigenvalue weighted by Crippen LogP contribution is 2.32. The van der Waals surface area contributed by atoms with E-state index in [1.807, 2.05) is 29.9 Å². The standard InChI is InChI=1S/C15H20N4OS.2ClH/c1-9-7-12(10(2)19(9)15-17-5-6-21-15)14(20)18-13(8-16)11-3-4-11;;/h5-7,11,13H,3-4,8,16H2,1-2H3,(H,18,20);2*1H. The van der Waals surface area contributed by atoms with Gasteiger partial charge in [-0.1, -0.05) is 0 Å². The number of halogens is 2. The Bertz CT molecular complexity index is 653. The van der Waals surface area contributed by atoms with Crippen molar-refractivity contribution in [3.63, 3.8) is 0 Å². The lowest BCUT2D eigenvalue weighted by Crippen LogP contribution is -2.41. The van der Waals surface area contributed by atoms with Crippen LogP contribution in [-0.2, 0) is 0 Å². The molecule has 0 saturated heterocycles. The first-order valence-corrected chi connectivity index (χ1v) is 8.09. The third-order valence-electron chi connectivity index (χ3n) is 4.05. The van der Waals surface area contributed by atoms with Gasteiger partial charge in [0.25, 0.3) is 5.91 Å². The molecular formula is C15H22Cl2N4OS. The fourth-order valence-corrected chi connectivity index (χ4v) is 3.48. The second-order valence-corrected chi connectivity index (χ2v) is 6.46. The Labute approximate surface area is 152 Å². The van der Waals surface area contributed by atoms with Gasteiger partial charge in [0.05, 0.1) is 5.56 Å². The number of nitrogens with two attached hydrogens (primary N) is 1. The summed E-state index contributed by atoms with van der Waals surface area (Å²) in [6.07, 6.45) is 4.11. The number of carbonyl (C=O) groups is 1. The molecular weight excluding hydrogens is 355 g/mol. The first-order valence-electron chi connectivity index (χ1n) is 7.21. The first kappa shape index (κ1) is 20.0. The molecule has 0 radical (unpaired) electrons. The van der Waals surface area contributed by atoms with Gasteiger partial charge in [0.1, 0.15) is 0 Å². The van der Waals surface area contributed by atoms with Crippen molar-refractivity contribution in [3.05, 3.63) is 34.6 Å². The molecule has 1 unspecified atom stereocenters. The molecule has 3 N–H and O–H groups in total. The molecule has 1 saturated carbocycles. The highest BCUT2D eigenvalue weighted by Gasteiger charge is 2.32. The lowest BCUT2D eigenvalue weighted by atomic mass is 10.1. The maximum absolute atomic E-state index is 12.5. The van der Waals surface area contributed by atoms with Gasteiger partial charge < -0.3 is 11.1 Å². The number of amides is 1. The summed E-state index contributed by atoms with van der Waals surface area (Å²) in [6.45, 7) is 4.45. The highest BCUT2D eigenvalue weighted by atomic mass is 35.5. The van der Waals surface area contributed by atoms with E-state index in [4.69, 9.17) is 5.73 Å². The zero-order chi connectivity index (χ0) is 15.0. The van der Waals surface area contributed by atoms with Crippen LogP contribution in [0.3, 0.4) is 0 Å². The Balaban J connectivity index is 0.00000132. The molecule has 2 aromatic heterocycles. The van der Waals surface area contributed by atoms with Crippen molar-refractivity contribution in [1.82, 2.24) is 14.9 Å². The van der Waals surface area contributed by atoms with E-state index >= 15 is 0 Å². The highest BCUT2D eigenvalue weighted by molar-refractivity contribution is 7.12. The number of rotatable bonds is 5. The molecule has 1 amide bonds. The lowest BCUT2D eigenvalue weighted by molar-refractivity contribution is 0.0933. The summed E-state index contributed by atoms with van der Waals surface area (Å²) < 4.78 is 2.02. The third kappa shape index (κ3) is 4.07. The molecule has 1 atom stereocenters. The van der Waals surface area contributed by atoms with Crippen LogP contribution in [0.15, 0.2) is 17.6 Å². The maximum atomic E-state index is 12.5. The van der Waals surface area contributed by atoms with Crippen molar-refractivity contribution in [2.24, 2.45) is 11.7 Å². The molecule has 1 aliphatic rings. The van der Waals surface area contributed by atoms with E-state index in [9.17, 15) is 4.79 Å².